The summed E-state index contributed by atoms with van der Waals surface area (Å²) in [4.78, 5) is 15.8. The number of hydrogen-bond acceptors (Lipinski definition) is 6. The molecule has 0 aliphatic rings. The van der Waals surface area contributed by atoms with Gasteiger partial charge in [-0.2, -0.15) is 4.37 Å². The SMILES string of the molecule is CCOc1ccccc1OCC(=O)Nc1nc(C)ns1. The fourth-order valence-corrected chi connectivity index (χ4v) is 2.08. The van der Waals surface area contributed by atoms with Crippen LogP contribution in [0.15, 0.2) is 24.3 Å². The van der Waals surface area contributed by atoms with E-state index < -0.39 is 0 Å². The molecule has 7 heteroatoms. The summed E-state index contributed by atoms with van der Waals surface area (Å²) >= 11 is 1.14. The molecule has 0 spiro atoms. The van der Waals surface area contributed by atoms with E-state index in [-0.39, 0.29) is 12.5 Å². The molecule has 0 bridgehead atoms. The molecule has 0 aliphatic carbocycles. The quantitative estimate of drug-likeness (QED) is 0.884. The molecule has 0 radical (unpaired) electrons. The summed E-state index contributed by atoms with van der Waals surface area (Å²) in [6, 6.07) is 7.23. The van der Waals surface area contributed by atoms with Crippen molar-refractivity contribution in [1.82, 2.24) is 9.36 Å². The average Bonchev–Trinajstić information content (AvgIpc) is 2.83. The lowest BCUT2D eigenvalue weighted by Gasteiger charge is -2.10. The van der Waals surface area contributed by atoms with E-state index in [1.807, 2.05) is 19.1 Å². The van der Waals surface area contributed by atoms with Crippen molar-refractivity contribution >= 4 is 22.6 Å². The van der Waals surface area contributed by atoms with E-state index >= 15 is 0 Å². The molecule has 0 saturated carbocycles. The Labute approximate surface area is 120 Å². The number of carbonyl (C=O) groups excluding carboxylic acids is 1. The molecule has 0 saturated heterocycles. The molecule has 1 aromatic carbocycles. The maximum Gasteiger partial charge on any atom is 0.264 e. The van der Waals surface area contributed by atoms with Crippen molar-refractivity contribution in [1.29, 1.82) is 0 Å². The molecule has 106 valence electrons. The topological polar surface area (TPSA) is 73.3 Å². The lowest BCUT2D eigenvalue weighted by molar-refractivity contribution is -0.118. The summed E-state index contributed by atoms with van der Waals surface area (Å²) in [7, 11) is 0. The van der Waals surface area contributed by atoms with Gasteiger partial charge in [0.25, 0.3) is 5.91 Å². The highest BCUT2D eigenvalue weighted by Crippen LogP contribution is 2.26. The second-order valence-corrected chi connectivity index (χ2v) is 4.62. The second kappa shape index (κ2) is 6.85. The zero-order valence-corrected chi connectivity index (χ0v) is 12.1. The number of aryl methyl sites for hydroxylation is 1. The minimum absolute atomic E-state index is 0.108. The minimum Gasteiger partial charge on any atom is -0.490 e. The molecule has 1 N–H and O–H groups in total. The van der Waals surface area contributed by atoms with Crippen LogP contribution in [0.3, 0.4) is 0 Å². The first-order chi connectivity index (χ1) is 9.69. The molecule has 0 unspecified atom stereocenters. The van der Waals surface area contributed by atoms with Crippen LogP contribution in [0.25, 0.3) is 0 Å². The highest BCUT2D eigenvalue weighted by atomic mass is 32.1. The molecule has 0 fully saturated rings. The Morgan fingerprint density at radius 1 is 1.30 bits per heavy atom. The highest BCUT2D eigenvalue weighted by Gasteiger charge is 2.09. The number of rotatable bonds is 6. The van der Waals surface area contributed by atoms with Crippen molar-refractivity contribution in [3.05, 3.63) is 30.1 Å². The smallest absolute Gasteiger partial charge is 0.264 e. The summed E-state index contributed by atoms with van der Waals surface area (Å²) in [6.45, 7) is 4.08. The second-order valence-electron chi connectivity index (χ2n) is 3.86. The van der Waals surface area contributed by atoms with Gasteiger partial charge >= 0.3 is 0 Å². The average molecular weight is 293 g/mol. The van der Waals surface area contributed by atoms with E-state index in [0.717, 1.165) is 11.5 Å². The fraction of sp³-hybridized carbons (Fsp3) is 0.308. The van der Waals surface area contributed by atoms with Gasteiger partial charge in [0, 0.05) is 11.5 Å². The number of nitrogens with one attached hydrogen (secondary N) is 1. The number of ether oxygens (including phenoxy) is 2. The van der Waals surface area contributed by atoms with E-state index in [4.69, 9.17) is 9.47 Å². The van der Waals surface area contributed by atoms with Gasteiger partial charge in [0.15, 0.2) is 18.1 Å². The predicted octanol–water partition coefficient (Wildman–Crippen LogP) is 2.26. The monoisotopic (exact) mass is 293 g/mol. The number of amides is 1. The summed E-state index contributed by atoms with van der Waals surface area (Å²) < 4.78 is 14.8. The van der Waals surface area contributed by atoms with Gasteiger partial charge in [-0.3, -0.25) is 10.1 Å². The Hall–Kier alpha value is -2.15. The molecule has 0 atom stereocenters. The molecule has 20 heavy (non-hydrogen) atoms. The molecule has 2 rings (SSSR count). The van der Waals surface area contributed by atoms with Gasteiger partial charge in [-0.05, 0) is 26.0 Å². The van der Waals surface area contributed by atoms with Gasteiger partial charge in [0.2, 0.25) is 5.13 Å². The van der Waals surface area contributed by atoms with Crippen molar-refractivity contribution in [2.45, 2.75) is 13.8 Å². The van der Waals surface area contributed by atoms with E-state index in [2.05, 4.69) is 14.7 Å². The van der Waals surface area contributed by atoms with E-state index in [1.165, 1.54) is 0 Å². The zero-order valence-electron chi connectivity index (χ0n) is 11.3. The molecule has 1 heterocycles. The number of nitrogens with zero attached hydrogens (tertiary/aromatic N) is 2. The van der Waals surface area contributed by atoms with Gasteiger partial charge in [-0.15, -0.1) is 0 Å². The molecular formula is C13H15N3O3S. The van der Waals surface area contributed by atoms with E-state index in [0.29, 0.717) is 29.1 Å². The number of aromatic nitrogens is 2. The van der Waals surface area contributed by atoms with Crippen LogP contribution in [0.2, 0.25) is 0 Å². The standard InChI is InChI=1S/C13H15N3O3S/c1-3-18-10-6-4-5-7-11(10)19-8-12(17)15-13-14-9(2)16-20-13/h4-7H,3,8H2,1-2H3,(H,14,15,16,17). The van der Waals surface area contributed by atoms with Crippen molar-refractivity contribution in [2.24, 2.45) is 0 Å². The maximum absolute atomic E-state index is 11.7. The molecular weight excluding hydrogens is 278 g/mol. The number of para-hydroxylation sites is 2. The Bertz CT molecular complexity index is 586. The first kappa shape index (κ1) is 14.3. The van der Waals surface area contributed by atoms with Crippen LogP contribution in [-0.4, -0.2) is 28.5 Å². The van der Waals surface area contributed by atoms with Crippen LogP contribution in [-0.2, 0) is 4.79 Å². The van der Waals surface area contributed by atoms with Gasteiger partial charge < -0.3 is 9.47 Å². The van der Waals surface area contributed by atoms with Crippen molar-refractivity contribution in [3.8, 4) is 11.5 Å². The molecule has 1 aromatic heterocycles. The van der Waals surface area contributed by atoms with Crippen LogP contribution in [0, 0.1) is 6.92 Å². The summed E-state index contributed by atoms with van der Waals surface area (Å²) in [6.07, 6.45) is 0. The lowest BCUT2D eigenvalue weighted by atomic mass is 10.3. The van der Waals surface area contributed by atoms with Crippen LogP contribution in [0.1, 0.15) is 12.7 Å². The first-order valence-electron chi connectivity index (χ1n) is 6.14. The number of anilines is 1. The molecule has 2 aromatic rings. The van der Waals surface area contributed by atoms with Crippen LogP contribution >= 0.6 is 11.5 Å². The van der Waals surface area contributed by atoms with Crippen molar-refractivity contribution in [2.75, 3.05) is 18.5 Å². The summed E-state index contributed by atoms with van der Waals surface area (Å²) in [5.41, 5.74) is 0. The van der Waals surface area contributed by atoms with Crippen LogP contribution in [0.4, 0.5) is 5.13 Å². The maximum atomic E-state index is 11.7. The predicted molar refractivity (Wildman–Crippen MR) is 76.4 cm³/mol. The lowest BCUT2D eigenvalue weighted by Crippen LogP contribution is -2.20. The Morgan fingerprint density at radius 2 is 2.00 bits per heavy atom. The third kappa shape index (κ3) is 3.92. The molecule has 1 amide bonds. The van der Waals surface area contributed by atoms with Crippen LogP contribution in [0.5, 0.6) is 11.5 Å². The Balaban J connectivity index is 1.90. The van der Waals surface area contributed by atoms with Gasteiger partial charge in [0.05, 0.1) is 6.61 Å². The number of hydrogen-bond donors (Lipinski definition) is 1. The Morgan fingerprint density at radius 3 is 2.60 bits per heavy atom. The fourth-order valence-electron chi connectivity index (χ4n) is 1.49. The third-order valence-electron chi connectivity index (χ3n) is 2.28. The zero-order chi connectivity index (χ0) is 14.4. The van der Waals surface area contributed by atoms with E-state index in [9.17, 15) is 4.79 Å². The van der Waals surface area contributed by atoms with Crippen molar-refractivity contribution in [3.63, 3.8) is 0 Å². The Kier molecular flexibility index (Phi) is 4.89. The minimum atomic E-state index is -0.285. The van der Waals surface area contributed by atoms with Crippen LogP contribution < -0.4 is 14.8 Å². The van der Waals surface area contributed by atoms with Gasteiger partial charge in [0.1, 0.15) is 5.82 Å². The highest BCUT2D eigenvalue weighted by molar-refractivity contribution is 7.09. The molecule has 0 aliphatic heterocycles. The third-order valence-corrected chi connectivity index (χ3v) is 3.00. The largest absolute Gasteiger partial charge is 0.490 e. The normalized spacial score (nSPS) is 10.1. The first-order valence-corrected chi connectivity index (χ1v) is 6.91. The van der Waals surface area contributed by atoms with Crippen molar-refractivity contribution < 1.29 is 14.3 Å². The summed E-state index contributed by atoms with van der Waals surface area (Å²) in [5, 5.41) is 3.09. The van der Waals surface area contributed by atoms with Gasteiger partial charge in [-0.25, -0.2) is 4.98 Å². The number of benzene rings is 1. The number of carbonyl (C=O) groups is 1. The molecule has 6 nitrogen and oxygen atoms in total. The van der Waals surface area contributed by atoms with E-state index in [1.54, 1.807) is 19.1 Å². The summed E-state index contributed by atoms with van der Waals surface area (Å²) in [5.74, 6) is 1.51. The van der Waals surface area contributed by atoms with Gasteiger partial charge in [-0.1, -0.05) is 12.1 Å².